The third-order valence-corrected chi connectivity index (χ3v) is 4.81. The van der Waals surface area contributed by atoms with Gasteiger partial charge in [0.1, 0.15) is 0 Å². The highest BCUT2D eigenvalue weighted by atomic mass is 16.5. The van der Waals surface area contributed by atoms with E-state index in [1.165, 1.54) is 18.5 Å². The van der Waals surface area contributed by atoms with Crippen molar-refractivity contribution >= 4 is 28.8 Å². The second kappa shape index (κ2) is 8.64. The Morgan fingerprint density at radius 3 is 2.31 bits per heavy atom. The Labute approximate surface area is 169 Å². The predicted molar refractivity (Wildman–Crippen MR) is 114 cm³/mol. The highest BCUT2D eigenvalue weighted by Gasteiger charge is 2.12. The predicted octanol–water partition coefficient (Wildman–Crippen LogP) is 3.98. The molecule has 150 valence electrons. The van der Waals surface area contributed by atoms with Gasteiger partial charge in [0.05, 0.1) is 20.4 Å². The largest absolute Gasteiger partial charge is 0.493 e. The molecule has 8 heteroatoms. The van der Waals surface area contributed by atoms with Gasteiger partial charge < -0.3 is 25.0 Å². The number of hydrogen-bond donors (Lipinski definition) is 2. The molecule has 1 aromatic heterocycles. The molecule has 2 aromatic carbocycles. The van der Waals surface area contributed by atoms with E-state index in [1.54, 1.807) is 20.4 Å². The molecule has 2 heterocycles. The highest BCUT2D eigenvalue weighted by molar-refractivity contribution is 5.63. The van der Waals surface area contributed by atoms with E-state index in [0.29, 0.717) is 23.3 Å². The molecule has 1 saturated heterocycles. The second-order valence-corrected chi connectivity index (χ2v) is 6.73. The first kappa shape index (κ1) is 18.8. The molecule has 8 nitrogen and oxygen atoms in total. The molecule has 0 amide bonds. The summed E-state index contributed by atoms with van der Waals surface area (Å²) in [6.07, 6.45) is 4.09. The van der Waals surface area contributed by atoms with Gasteiger partial charge in [-0.25, -0.2) is 0 Å². The number of rotatable bonds is 7. The summed E-state index contributed by atoms with van der Waals surface area (Å²) in [6, 6.07) is 13.9. The lowest BCUT2D eigenvalue weighted by molar-refractivity contribution is 0.355. The van der Waals surface area contributed by atoms with Crippen LogP contribution in [-0.4, -0.2) is 42.5 Å². The Hall–Kier alpha value is -3.55. The van der Waals surface area contributed by atoms with Crippen molar-refractivity contribution in [2.45, 2.75) is 12.8 Å². The molecule has 2 N–H and O–H groups in total. The number of methoxy groups -OCH3 is 2. The van der Waals surface area contributed by atoms with Gasteiger partial charge in [-0.05, 0) is 49.2 Å². The maximum atomic E-state index is 5.33. The highest BCUT2D eigenvalue weighted by Crippen LogP contribution is 2.31. The van der Waals surface area contributed by atoms with Crippen molar-refractivity contribution in [3.8, 4) is 11.5 Å². The molecular weight excluding hydrogens is 368 g/mol. The summed E-state index contributed by atoms with van der Waals surface area (Å²) in [5.74, 6) is 2.29. The molecule has 0 aliphatic carbocycles. The Balaban J connectivity index is 1.44. The summed E-state index contributed by atoms with van der Waals surface area (Å²) < 4.78 is 10.6. The number of nitrogens with one attached hydrogen (secondary N) is 2. The summed E-state index contributed by atoms with van der Waals surface area (Å²) in [5.41, 5.74) is 2.97. The van der Waals surface area contributed by atoms with E-state index < -0.39 is 0 Å². The molecule has 0 spiro atoms. The maximum Gasteiger partial charge on any atom is 0.249 e. The smallest absolute Gasteiger partial charge is 0.249 e. The maximum absolute atomic E-state index is 5.33. The van der Waals surface area contributed by atoms with Crippen LogP contribution in [0.3, 0.4) is 0 Å². The molecule has 1 aliphatic heterocycles. The van der Waals surface area contributed by atoms with Gasteiger partial charge in [0.2, 0.25) is 5.95 Å². The Kier molecular flexibility index (Phi) is 5.60. The van der Waals surface area contributed by atoms with Crippen LogP contribution in [0, 0.1) is 0 Å². The first-order chi connectivity index (χ1) is 14.2. The Morgan fingerprint density at radius 2 is 1.59 bits per heavy atom. The zero-order valence-electron chi connectivity index (χ0n) is 16.6. The van der Waals surface area contributed by atoms with Crippen LogP contribution in [-0.2, 0) is 0 Å². The molecule has 3 aromatic rings. The summed E-state index contributed by atoms with van der Waals surface area (Å²) in [6.45, 7) is 2.26. The zero-order valence-corrected chi connectivity index (χ0v) is 16.6. The van der Waals surface area contributed by atoms with Gasteiger partial charge >= 0.3 is 0 Å². The molecule has 0 radical (unpaired) electrons. The number of anilines is 5. The molecule has 0 saturated carbocycles. The van der Waals surface area contributed by atoms with E-state index >= 15 is 0 Å². The topological polar surface area (TPSA) is 84.4 Å². The second-order valence-electron chi connectivity index (χ2n) is 6.73. The fraction of sp³-hybridized carbons (Fsp3) is 0.286. The first-order valence-electron chi connectivity index (χ1n) is 9.56. The van der Waals surface area contributed by atoms with Crippen molar-refractivity contribution in [1.82, 2.24) is 15.2 Å². The van der Waals surface area contributed by atoms with E-state index in [9.17, 15) is 0 Å². The molecule has 4 rings (SSSR count). The third kappa shape index (κ3) is 4.48. The first-order valence-corrected chi connectivity index (χ1v) is 9.56. The van der Waals surface area contributed by atoms with Crippen molar-refractivity contribution in [2.24, 2.45) is 0 Å². The van der Waals surface area contributed by atoms with Crippen LogP contribution >= 0.6 is 0 Å². The zero-order chi connectivity index (χ0) is 20.1. The number of ether oxygens (including phenoxy) is 2. The minimum absolute atomic E-state index is 0.421. The van der Waals surface area contributed by atoms with E-state index in [1.807, 2.05) is 30.3 Å². The normalized spacial score (nSPS) is 13.2. The van der Waals surface area contributed by atoms with Crippen molar-refractivity contribution < 1.29 is 9.47 Å². The van der Waals surface area contributed by atoms with Crippen LogP contribution in [0.25, 0.3) is 0 Å². The lowest BCUT2D eigenvalue weighted by Gasteiger charge is -2.17. The van der Waals surface area contributed by atoms with E-state index in [-0.39, 0.29) is 0 Å². The molecular formula is C21H24N6O2. The summed E-state index contributed by atoms with van der Waals surface area (Å²) in [4.78, 5) is 6.88. The average Bonchev–Trinajstić information content (AvgIpc) is 3.29. The SMILES string of the molecule is COc1ccc(Nc2cnnc(Nc3ccc(N4CCCC4)cc3)n2)cc1OC. The van der Waals surface area contributed by atoms with Gasteiger partial charge in [-0.2, -0.15) is 10.1 Å². The van der Waals surface area contributed by atoms with Gasteiger partial charge in [-0.1, -0.05) is 0 Å². The van der Waals surface area contributed by atoms with Gasteiger partial charge in [0.15, 0.2) is 17.3 Å². The van der Waals surface area contributed by atoms with Crippen molar-refractivity contribution in [2.75, 3.05) is 42.8 Å². The molecule has 0 atom stereocenters. The lowest BCUT2D eigenvalue weighted by atomic mass is 10.2. The van der Waals surface area contributed by atoms with E-state index in [0.717, 1.165) is 24.5 Å². The number of nitrogens with zero attached hydrogens (tertiary/aromatic N) is 4. The molecule has 0 bridgehead atoms. The van der Waals surface area contributed by atoms with Crippen LogP contribution in [0.1, 0.15) is 12.8 Å². The summed E-state index contributed by atoms with van der Waals surface area (Å²) in [7, 11) is 3.21. The van der Waals surface area contributed by atoms with Crippen LogP contribution in [0.5, 0.6) is 11.5 Å². The summed E-state index contributed by atoms with van der Waals surface area (Å²) >= 11 is 0. The van der Waals surface area contributed by atoms with Gasteiger partial charge in [-0.3, -0.25) is 0 Å². The molecule has 0 unspecified atom stereocenters. The summed E-state index contributed by atoms with van der Waals surface area (Å²) in [5, 5.41) is 14.5. The molecule has 29 heavy (non-hydrogen) atoms. The van der Waals surface area contributed by atoms with Gasteiger partial charge in [0.25, 0.3) is 0 Å². The fourth-order valence-corrected chi connectivity index (χ4v) is 3.34. The van der Waals surface area contributed by atoms with Crippen LogP contribution in [0.4, 0.5) is 28.8 Å². The Morgan fingerprint density at radius 1 is 0.862 bits per heavy atom. The van der Waals surface area contributed by atoms with Gasteiger partial charge in [0, 0.05) is 36.2 Å². The van der Waals surface area contributed by atoms with Crippen molar-refractivity contribution in [3.63, 3.8) is 0 Å². The van der Waals surface area contributed by atoms with Crippen molar-refractivity contribution in [1.29, 1.82) is 0 Å². The number of benzene rings is 2. The molecule has 1 fully saturated rings. The fourth-order valence-electron chi connectivity index (χ4n) is 3.34. The number of aromatic nitrogens is 3. The quantitative estimate of drug-likeness (QED) is 0.625. The lowest BCUT2D eigenvalue weighted by Crippen LogP contribution is -2.17. The van der Waals surface area contributed by atoms with E-state index in [2.05, 4.69) is 42.8 Å². The van der Waals surface area contributed by atoms with Gasteiger partial charge in [-0.15, -0.1) is 5.10 Å². The monoisotopic (exact) mass is 392 g/mol. The van der Waals surface area contributed by atoms with Crippen LogP contribution in [0.15, 0.2) is 48.7 Å². The molecule has 1 aliphatic rings. The van der Waals surface area contributed by atoms with Crippen molar-refractivity contribution in [3.05, 3.63) is 48.7 Å². The Bertz CT molecular complexity index is 958. The average molecular weight is 392 g/mol. The third-order valence-electron chi connectivity index (χ3n) is 4.81. The minimum Gasteiger partial charge on any atom is -0.493 e. The van der Waals surface area contributed by atoms with E-state index in [4.69, 9.17) is 9.47 Å². The van der Waals surface area contributed by atoms with Crippen LogP contribution < -0.4 is 25.0 Å². The minimum atomic E-state index is 0.421. The van der Waals surface area contributed by atoms with Crippen LogP contribution in [0.2, 0.25) is 0 Å². The standard InChI is InChI=1S/C21H24N6O2/c1-28-18-10-7-16(13-19(18)29-2)23-20-14-22-26-21(25-20)24-15-5-8-17(9-6-15)27-11-3-4-12-27/h5-10,13-14H,3-4,11-12H2,1-2H3,(H2,23,24,25,26). The number of hydrogen-bond acceptors (Lipinski definition) is 8.